The molecular formula is C11H14F2N2O2. The van der Waals surface area contributed by atoms with Crippen molar-refractivity contribution in [1.29, 1.82) is 0 Å². The van der Waals surface area contributed by atoms with Crippen LogP contribution in [0, 0.1) is 11.6 Å². The minimum Gasteiger partial charge on any atom is -0.489 e. The fraction of sp³-hybridized carbons (Fsp3) is 0.364. The molecule has 0 amide bonds. The molecule has 0 heterocycles. The molecule has 17 heavy (non-hydrogen) atoms. The lowest BCUT2D eigenvalue weighted by atomic mass is 10.2. The Labute approximate surface area is 98.0 Å². The second kappa shape index (κ2) is 6.15. The minimum atomic E-state index is -0.741. The van der Waals surface area contributed by atoms with Crippen LogP contribution in [0.2, 0.25) is 0 Å². The average Bonchev–Trinajstić information content (AvgIpc) is 2.29. The normalized spacial score (nSPS) is 12.0. The predicted molar refractivity (Wildman–Crippen MR) is 60.3 cm³/mol. The molecule has 2 N–H and O–H groups in total. The van der Waals surface area contributed by atoms with Crippen LogP contribution in [-0.2, 0) is 4.79 Å². The van der Waals surface area contributed by atoms with E-state index in [0.29, 0.717) is 6.29 Å². The first-order valence-electron chi connectivity index (χ1n) is 5.04. The molecule has 1 atom stereocenters. The molecular weight excluding hydrogens is 230 g/mol. The van der Waals surface area contributed by atoms with Crippen molar-refractivity contribution in [2.75, 3.05) is 26.0 Å². The van der Waals surface area contributed by atoms with Crippen molar-refractivity contribution in [1.82, 2.24) is 5.32 Å². The molecule has 0 bridgehead atoms. The number of benzene rings is 1. The third kappa shape index (κ3) is 3.39. The molecule has 6 heteroatoms. The number of likely N-dealkylation sites (N-methyl/N-ethyl adjacent to an activating group) is 1. The van der Waals surface area contributed by atoms with E-state index in [2.05, 4.69) is 10.6 Å². The molecule has 1 aromatic rings. The summed E-state index contributed by atoms with van der Waals surface area (Å²) in [6.45, 7) is -0.00241. The number of halogens is 2. The maximum absolute atomic E-state index is 13.3. The number of aldehydes is 1. The lowest BCUT2D eigenvalue weighted by molar-refractivity contribution is -0.110. The van der Waals surface area contributed by atoms with E-state index in [-0.39, 0.29) is 18.0 Å². The summed E-state index contributed by atoms with van der Waals surface area (Å²) in [5.74, 6) is -1.44. The predicted octanol–water partition coefficient (Wildman–Crippen LogP) is 1.17. The number of nitrogens with one attached hydrogen (secondary N) is 2. The first-order chi connectivity index (χ1) is 8.12. The van der Waals surface area contributed by atoms with Gasteiger partial charge in [-0.1, -0.05) is 0 Å². The zero-order chi connectivity index (χ0) is 12.8. The zero-order valence-corrected chi connectivity index (χ0v) is 9.59. The van der Waals surface area contributed by atoms with Crippen molar-refractivity contribution in [3.8, 4) is 5.75 Å². The van der Waals surface area contributed by atoms with Gasteiger partial charge in [-0.3, -0.25) is 0 Å². The molecule has 0 saturated carbocycles. The molecule has 0 aliphatic heterocycles. The quantitative estimate of drug-likeness (QED) is 0.738. The number of anilines is 1. The van der Waals surface area contributed by atoms with Crippen molar-refractivity contribution < 1.29 is 18.3 Å². The van der Waals surface area contributed by atoms with Crippen molar-refractivity contribution >= 4 is 12.0 Å². The summed E-state index contributed by atoms with van der Waals surface area (Å²) >= 11 is 0. The Morgan fingerprint density at radius 1 is 1.41 bits per heavy atom. The number of carbonyl (C=O) groups is 1. The molecule has 1 aromatic carbocycles. The summed E-state index contributed by atoms with van der Waals surface area (Å²) in [7, 11) is 3.09. The van der Waals surface area contributed by atoms with Crippen LogP contribution in [-0.4, -0.2) is 33.0 Å². The summed E-state index contributed by atoms with van der Waals surface area (Å²) in [4.78, 5) is 10.5. The van der Waals surface area contributed by atoms with Gasteiger partial charge in [0.15, 0.2) is 5.82 Å². The maximum Gasteiger partial charge on any atom is 0.153 e. The maximum atomic E-state index is 13.3. The highest BCUT2D eigenvalue weighted by Gasteiger charge is 2.13. The Hall–Kier alpha value is -1.69. The van der Waals surface area contributed by atoms with Gasteiger partial charge in [-0.15, -0.1) is 0 Å². The minimum absolute atomic E-state index is 0.00241. The topological polar surface area (TPSA) is 50.4 Å². The van der Waals surface area contributed by atoms with E-state index in [9.17, 15) is 13.6 Å². The second-order valence-corrected chi connectivity index (χ2v) is 3.35. The fourth-order valence-corrected chi connectivity index (χ4v) is 1.28. The van der Waals surface area contributed by atoms with Gasteiger partial charge in [-0.25, -0.2) is 8.78 Å². The number of hydrogen-bond donors (Lipinski definition) is 2. The van der Waals surface area contributed by atoms with Gasteiger partial charge in [-0.2, -0.15) is 0 Å². The van der Waals surface area contributed by atoms with Crippen LogP contribution in [0.25, 0.3) is 0 Å². The highest BCUT2D eigenvalue weighted by atomic mass is 19.1. The SMILES string of the molecule is CNc1c(F)cc(F)cc1OC[C@@H](C=O)NC. The van der Waals surface area contributed by atoms with E-state index in [1.807, 2.05) is 0 Å². The van der Waals surface area contributed by atoms with E-state index in [4.69, 9.17) is 4.74 Å². The highest BCUT2D eigenvalue weighted by Crippen LogP contribution is 2.28. The molecule has 0 spiro atoms. The van der Waals surface area contributed by atoms with Gasteiger partial charge in [0.05, 0.1) is 6.04 Å². The fourth-order valence-electron chi connectivity index (χ4n) is 1.28. The Morgan fingerprint density at radius 2 is 2.12 bits per heavy atom. The van der Waals surface area contributed by atoms with Crippen molar-refractivity contribution in [2.24, 2.45) is 0 Å². The molecule has 0 fully saturated rings. The van der Waals surface area contributed by atoms with E-state index < -0.39 is 17.7 Å². The Morgan fingerprint density at radius 3 is 2.65 bits per heavy atom. The molecule has 0 aliphatic rings. The Bertz CT molecular complexity index is 399. The van der Waals surface area contributed by atoms with Crippen LogP contribution in [0.15, 0.2) is 12.1 Å². The molecule has 94 valence electrons. The lowest BCUT2D eigenvalue weighted by Gasteiger charge is -2.14. The molecule has 0 aromatic heterocycles. The molecule has 4 nitrogen and oxygen atoms in total. The Balaban J connectivity index is 2.85. The van der Waals surface area contributed by atoms with Gasteiger partial charge in [0.2, 0.25) is 0 Å². The van der Waals surface area contributed by atoms with Crippen LogP contribution in [0.5, 0.6) is 5.75 Å². The monoisotopic (exact) mass is 244 g/mol. The van der Waals surface area contributed by atoms with Crippen molar-refractivity contribution in [2.45, 2.75) is 6.04 Å². The molecule has 0 radical (unpaired) electrons. The van der Waals surface area contributed by atoms with E-state index in [1.165, 1.54) is 7.05 Å². The van der Waals surface area contributed by atoms with Gasteiger partial charge in [-0.05, 0) is 7.05 Å². The summed E-state index contributed by atoms with van der Waals surface area (Å²) in [6, 6.07) is 1.30. The van der Waals surface area contributed by atoms with Crippen LogP contribution < -0.4 is 15.4 Å². The zero-order valence-electron chi connectivity index (χ0n) is 9.59. The molecule has 0 saturated heterocycles. The standard InChI is InChI=1S/C11H14F2N2O2/c1-14-8(5-16)6-17-10-4-7(12)3-9(13)11(10)15-2/h3-5,8,14-15H,6H2,1-2H3/t8-/m1/s1. The van der Waals surface area contributed by atoms with Crippen LogP contribution in [0.4, 0.5) is 14.5 Å². The largest absolute Gasteiger partial charge is 0.489 e. The Kier molecular flexibility index (Phi) is 4.84. The second-order valence-electron chi connectivity index (χ2n) is 3.35. The number of carbonyl (C=O) groups excluding carboxylic acids is 1. The van der Waals surface area contributed by atoms with Gasteiger partial charge >= 0.3 is 0 Å². The lowest BCUT2D eigenvalue weighted by Crippen LogP contribution is -2.33. The van der Waals surface area contributed by atoms with Crippen molar-refractivity contribution in [3.05, 3.63) is 23.8 Å². The third-order valence-electron chi connectivity index (χ3n) is 2.22. The number of ether oxygens (including phenoxy) is 1. The van der Waals surface area contributed by atoms with Gasteiger partial charge in [0.25, 0.3) is 0 Å². The number of rotatable bonds is 6. The van der Waals surface area contributed by atoms with Crippen LogP contribution in [0.1, 0.15) is 0 Å². The number of hydrogen-bond acceptors (Lipinski definition) is 4. The van der Waals surface area contributed by atoms with E-state index in [1.54, 1.807) is 7.05 Å². The van der Waals surface area contributed by atoms with E-state index in [0.717, 1.165) is 12.1 Å². The summed E-state index contributed by atoms with van der Waals surface area (Å²) in [6.07, 6.45) is 0.661. The van der Waals surface area contributed by atoms with Gasteiger partial charge in [0, 0.05) is 19.2 Å². The summed E-state index contributed by atoms with van der Waals surface area (Å²) in [5, 5.41) is 5.26. The first-order valence-corrected chi connectivity index (χ1v) is 5.04. The summed E-state index contributed by atoms with van der Waals surface area (Å²) < 4.78 is 31.5. The smallest absolute Gasteiger partial charge is 0.153 e. The van der Waals surface area contributed by atoms with Crippen LogP contribution >= 0.6 is 0 Å². The van der Waals surface area contributed by atoms with E-state index >= 15 is 0 Å². The average molecular weight is 244 g/mol. The highest BCUT2D eigenvalue weighted by molar-refractivity contribution is 5.59. The third-order valence-corrected chi connectivity index (χ3v) is 2.22. The first kappa shape index (κ1) is 13.4. The van der Waals surface area contributed by atoms with Gasteiger partial charge in [0.1, 0.15) is 30.1 Å². The molecule has 0 unspecified atom stereocenters. The van der Waals surface area contributed by atoms with Crippen molar-refractivity contribution in [3.63, 3.8) is 0 Å². The van der Waals surface area contributed by atoms with Gasteiger partial charge < -0.3 is 20.2 Å². The van der Waals surface area contributed by atoms with Crippen LogP contribution in [0.3, 0.4) is 0 Å². The molecule has 0 aliphatic carbocycles. The summed E-state index contributed by atoms with van der Waals surface area (Å²) in [5.41, 5.74) is 0.0622. The molecule has 1 rings (SSSR count).